The number of carboxylic acids is 3. The van der Waals surface area contributed by atoms with Crippen LogP contribution in [0.3, 0.4) is 0 Å². The van der Waals surface area contributed by atoms with Gasteiger partial charge in [-0.3, -0.25) is 14.4 Å². The quantitative estimate of drug-likeness (QED) is 0.403. The first-order chi connectivity index (χ1) is 16.0. The van der Waals surface area contributed by atoms with Gasteiger partial charge in [0.2, 0.25) is 0 Å². The molecule has 0 spiro atoms. The summed E-state index contributed by atoms with van der Waals surface area (Å²) < 4.78 is 0. The Morgan fingerprint density at radius 3 is 2.20 bits per heavy atom. The second-order valence-corrected chi connectivity index (χ2v) is 13.9. The van der Waals surface area contributed by atoms with Gasteiger partial charge < -0.3 is 15.3 Å². The van der Waals surface area contributed by atoms with Crippen LogP contribution in [0.25, 0.3) is 0 Å². The molecule has 4 aliphatic carbocycles. The molecule has 3 saturated carbocycles. The molecular weight excluding hydrogens is 444 g/mol. The van der Waals surface area contributed by atoms with Gasteiger partial charge in [0.15, 0.2) is 0 Å². The SMILES string of the molecule is CC1C[C@]2(C(=O)O)CC[C@]3(C)C(=CCC4[C@@](C)(CC(=O)O)C(C(C)(C)C(=O)O)CC[C@]43C)C2C1C. The minimum Gasteiger partial charge on any atom is -0.481 e. The third-order valence-corrected chi connectivity index (χ3v) is 12.3. The molecule has 0 bridgehead atoms. The first kappa shape index (κ1) is 26.2. The van der Waals surface area contributed by atoms with Gasteiger partial charge >= 0.3 is 17.9 Å². The van der Waals surface area contributed by atoms with Gasteiger partial charge in [-0.2, -0.15) is 0 Å². The highest BCUT2D eigenvalue weighted by molar-refractivity contribution is 5.77. The number of fused-ring (bicyclic) bond motifs is 5. The molecule has 4 aliphatic rings. The van der Waals surface area contributed by atoms with Crippen LogP contribution in [0.5, 0.6) is 0 Å². The normalized spacial score (nSPS) is 47.2. The van der Waals surface area contributed by atoms with E-state index < -0.39 is 34.2 Å². The Morgan fingerprint density at radius 2 is 1.66 bits per heavy atom. The molecule has 3 N–H and O–H groups in total. The van der Waals surface area contributed by atoms with Gasteiger partial charge in [-0.05, 0) is 98.2 Å². The summed E-state index contributed by atoms with van der Waals surface area (Å²) >= 11 is 0. The molecule has 6 nitrogen and oxygen atoms in total. The second-order valence-electron chi connectivity index (χ2n) is 13.9. The number of carboxylic acid groups (broad SMARTS) is 3. The summed E-state index contributed by atoms with van der Waals surface area (Å²) in [5, 5.41) is 30.5. The van der Waals surface area contributed by atoms with E-state index in [1.54, 1.807) is 13.8 Å². The summed E-state index contributed by atoms with van der Waals surface area (Å²) in [4.78, 5) is 37.2. The van der Waals surface area contributed by atoms with Crippen molar-refractivity contribution in [2.75, 3.05) is 0 Å². The number of rotatable bonds is 5. The third kappa shape index (κ3) is 3.23. The molecule has 0 aromatic rings. The van der Waals surface area contributed by atoms with Crippen molar-refractivity contribution in [2.45, 2.75) is 93.4 Å². The van der Waals surface area contributed by atoms with Crippen molar-refractivity contribution in [1.29, 1.82) is 0 Å². The number of allylic oxidation sites excluding steroid dienone is 2. The summed E-state index contributed by atoms with van der Waals surface area (Å²) in [7, 11) is 0. The van der Waals surface area contributed by atoms with Crippen molar-refractivity contribution < 1.29 is 29.7 Å². The van der Waals surface area contributed by atoms with Gasteiger partial charge in [0.25, 0.3) is 0 Å². The monoisotopic (exact) mass is 488 g/mol. The van der Waals surface area contributed by atoms with Gasteiger partial charge in [0.1, 0.15) is 0 Å². The van der Waals surface area contributed by atoms with Crippen LogP contribution in [0.15, 0.2) is 11.6 Å². The van der Waals surface area contributed by atoms with Crippen molar-refractivity contribution in [3.63, 3.8) is 0 Å². The third-order valence-electron chi connectivity index (χ3n) is 12.3. The number of aliphatic carboxylic acids is 3. The molecule has 0 heterocycles. The number of hydrogen-bond donors (Lipinski definition) is 3. The summed E-state index contributed by atoms with van der Waals surface area (Å²) in [5.74, 6) is -2.04. The van der Waals surface area contributed by atoms with E-state index in [0.29, 0.717) is 31.6 Å². The van der Waals surface area contributed by atoms with E-state index in [0.717, 1.165) is 12.8 Å². The van der Waals surface area contributed by atoms with Crippen LogP contribution in [0.4, 0.5) is 0 Å². The Bertz CT molecular complexity index is 982. The van der Waals surface area contributed by atoms with E-state index >= 15 is 0 Å². The maximum Gasteiger partial charge on any atom is 0.310 e. The van der Waals surface area contributed by atoms with Gasteiger partial charge in [-0.25, -0.2) is 0 Å². The highest BCUT2D eigenvalue weighted by Crippen LogP contribution is 2.75. The molecule has 196 valence electrons. The molecule has 35 heavy (non-hydrogen) atoms. The largest absolute Gasteiger partial charge is 0.481 e. The predicted octanol–water partition coefficient (Wildman–Crippen LogP) is 6.10. The fourth-order valence-electron chi connectivity index (χ4n) is 10.1. The molecule has 0 aromatic carbocycles. The lowest BCUT2D eigenvalue weighted by molar-refractivity contribution is -0.187. The maximum absolute atomic E-state index is 12.7. The van der Waals surface area contributed by atoms with Crippen LogP contribution < -0.4 is 0 Å². The van der Waals surface area contributed by atoms with Gasteiger partial charge in [0, 0.05) is 0 Å². The van der Waals surface area contributed by atoms with Gasteiger partial charge in [-0.1, -0.05) is 46.3 Å². The van der Waals surface area contributed by atoms with E-state index in [9.17, 15) is 29.7 Å². The lowest BCUT2D eigenvalue weighted by Crippen LogP contribution is -2.63. The van der Waals surface area contributed by atoms with Crippen LogP contribution in [0, 0.1) is 56.7 Å². The Kier molecular flexibility index (Phi) is 5.86. The van der Waals surface area contributed by atoms with Gasteiger partial charge in [-0.15, -0.1) is 0 Å². The van der Waals surface area contributed by atoms with E-state index in [4.69, 9.17) is 0 Å². The highest BCUT2D eigenvalue weighted by atomic mass is 16.4. The molecule has 5 unspecified atom stereocenters. The average molecular weight is 489 g/mol. The molecule has 4 rings (SSSR count). The molecule has 6 heteroatoms. The fourth-order valence-corrected chi connectivity index (χ4v) is 10.1. The molecular formula is C29H44O6. The van der Waals surface area contributed by atoms with E-state index in [-0.39, 0.29) is 40.9 Å². The van der Waals surface area contributed by atoms with E-state index in [1.165, 1.54) is 5.57 Å². The Hall–Kier alpha value is -1.85. The van der Waals surface area contributed by atoms with Crippen LogP contribution >= 0.6 is 0 Å². The molecule has 0 radical (unpaired) electrons. The Balaban J connectivity index is 1.86. The first-order valence-electron chi connectivity index (χ1n) is 13.4. The lowest BCUT2D eigenvalue weighted by Gasteiger charge is -2.68. The summed E-state index contributed by atoms with van der Waals surface area (Å²) in [6.45, 7) is 14.5. The van der Waals surface area contributed by atoms with Crippen LogP contribution in [0.1, 0.15) is 93.4 Å². The van der Waals surface area contributed by atoms with Crippen molar-refractivity contribution in [1.82, 2.24) is 0 Å². The molecule has 0 aliphatic heterocycles. The summed E-state index contributed by atoms with van der Waals surface area (Å²) in [6.07, 6.45) is 6.56. The van der Waals surface area contributed by atoms with Crippen molar-refractivity contribution in [3.05, 3.63) is 11.6 Å². The lowest BCUT2D eigenvalue weighted by atomic mass is 9.35. The maximum atomic E-state index is 12.7. The topological polar surface area (TPSA) is 112 Å². The second kappa shape index (κ2) is 7.82. The zero-order valence-electron chi connectivity index (χ0n) is 22.5. The minimum absolute atomic E-state index is 0.00504. The smallest absolute Gasteiger partial charge is 0.310 e. The summed E-state index contributed by atoms with van der Waals surface area (Å²) in [6, 6.07) is 0. The molecule has 0 amide bonds. The number of hydrogen-bond acceptors (Lipinski definition) is 3. The van der Waals surface area contributed by atoms with Crippen LogP contribution in [-0.4, -0.2) is 33.2 Å². The fraction of sp³-hybridized carbons (Fsp3) is 0.828. The highest BCUT2D eigenvalue weighted by Gasteiger charge is 2.70. The molecule has 0 aromatic heterocycles. The van der Waals surface area contributed by atoms with Crippen molar-refractivity contribution >= 4 is 17.9 Å². The molecule has 9 atom stereocenters. The van der Waals surface area contributed by atoms with Crippen LogP contribution in [0.2, 0.25) is 0 Å². The number of carbonyl (C=O) groups is 3. The minimum atomic E-state index is -1.03. The van der Waals surface area contributed by atoms with Crippen molar-refractivity contribution in [2.24, 2.45) is 56.7 Å². The Labute approximate surface area is 209 Å². The van der Waals surface area contributed by atoms with Gasteiger partial charge in [0.05, 0.1) is 17.3 Å². The van der Waals surface area contributed by atoms with Crippen LogP contribution in [-0.2, 0) is 14.4 Å². The molecule has 0 saturated heterocycles. The van der Waals surface area contributed by atoms with E-state index in [1.807, 2.05) is 6.92 Å². The summed E-state index contributed by atoms with van der Waals surface area (Å²) in [5.41, 5.74) is -1.58. The Morgan fingerprint density at radius 1 is 1.03 bits per heavy atom. The predicted molar refractivity (Wildman–Crippen MR) is 133 cm³/mol. The first-order valence-corrected chi connectivity index (χ1v) is 13.4. The average Bonchev–Trinajstić information content (AvgIpc) is 2.99. The van der Waals surface area contributed by atoms with Crippen molar-refractivity contribution in [3.8, 4) is 0 Å². The molecule has 3 fully saturated rings. The standard InChI is InChI=1S/C29H44O6/c1-16-14-29(24(34)35)13-12-27(6)18(22(29)17(16)2)8-9-20-26(5,15-21(30)31)19(10-11-28(20,27)7)25(3,4)23(32)33/h8,16-17,19-20,22H,9-15H2,1-7H3,(H,30,31)(H,32,33)(H,34,35)/t16?,17?,19?,20?,22?,26-,27+,28+,29+/m0/s1. The van der Waals surface area contributed by atoms with E-state index in [2.05, 4.69) is 33.8 Å². The zero-order valence-corrected chi connectivity index (χ0v) is 22.5. The zero-order chi connectivity index (χ0) is 26.4.